The van der Waals surface area contributed by atoms with Crippen molar-refractivity contribution < 1.29 is 108 Å². The quantitative estimate of drug-likeness (QED) is 0.0225. The van der Waals surface area contributed by atoms with Crippen molar-refractivity contribution >= 4 is 65.4 Å². The molecular formula is C39H50N12O25P4. The number of H-pyrrole nitrogens is 2. The molecule has 80 heavy (non-hydrogen) atoms. The number of phosphoric ester groups is 3. The van der Waals surface area contributed by atoms with E-state index in [1.54, 1.807) is 30.3 Å². The molecule has 0 amide bonds. The van der Waals surface area contributed by atoms with E-state index in [2.05, 4.69) is 33.5 Å². The van der Waals surface area contributed by atoms with Crippen LogP contribution in [0.3, 0.4) is 0 Å². The van der Waals surface area contributed by atoms with Gasteiger partial charge in [0.2, 0.25) is 11.7 Å². The Bertz CT molecular complexity index is 3610. The Morgan fingerprint density at radius 3 is 2.14 bits per heavy atom. The largest absolute Gasteiger partial charge is 0.756 e. The molecular weight excluding hydrogens is 1160 g/mol. The molecule has 3 fully saturated rings. The Morgan fingerprint density at radius 2 is 1.45 bits per heavy atom. The number of phosphoric acid groups is 4. The Morgan fingerprint density at radius 1 is 0.775 bits per heavy atom. The van der Waals surface area contributed by atoms with Crippen LogP contribution in [0.25, 0.3) is 22.3 Å². The molecule has 4 unspecified atom stereocenters. The molecule has 3 aliphatic heterocycles. The number of imidazole rings is 2. The smallest absolute Gasteiger partial charge is 0.490 e. The van der Waals surface area contributed by atoms with Crippen molar-refractivity contribution in [3.8, 4) is 0 Å². The molecule has 436 valence electrons. The molecule has 3 saturated heterocycles. The number of nitrogen functional groups attached to an aromatic ring is 2. The summed E-state index contributed by atoms with van der Waals surface area (Å²) in [5.41, 5.74) is 10.0. The predicted octanol–water partition coefficient (Wildman–Crippen LogP) is -3.04. The monoisotopic (exact) mass is 1210 g/mol. The first kappa shape index (κ1) is 59.2. The topological polar surface area (TPSA) is 519 Å². The van der Waals surface area contributed by atoms with Crippen LogP contribution in [0.1, 0.15) is 24.2 Å². The number of methoxy groups -OCH3 is 1. The molecule has 12 N–H and O–H groups in total. The summed E-state index contributed by atoms with van der Waals surface area (Å²) < 4.78 is 116. The summed E-state index contributed by atoms with van der Waals surface area (Å²) in [5, 5.41) is 32.9. The van der Waals surface area contributed by atoms with Crippen molar-refractivity contribution in [3.63, 3.8) is 0 Å². The van der Waals surface area contributed by atoms with E-state index in [0.29, 0.717) is 0 Å². The molecule has 0 radical (unpaired) electrons. The fourth-order valence-electron chi connectivity index (χ4n) is 8.96. The van der Waals surface area contributed by atoms with Crippen LogP contribution < -0.4 is 37.7 Å². The van der Waals surface area contributed by atoms with Crippen molar-refractivity contribution in [2.45, 2.75) is 74.1 Å². The van der Waals surface area contributed by atoms with Crippen LogP contribution in [-0.2, 0) is 82.3 Å². The van der Waals surface area contributed by atoms with Crippen LogP contribution in [0.2, 0.25) is 0 Å². The summed E-state index contributed by atoms with van der Waals surface area (Å²) in [6.07, 6.45) is -13.8. The fraction of sp³-hybridized carbons (Fsp3) is 0.487. The third-order valence-electron chi connectivity index (χ3n) is 12.6. The number of aryl methyl sites for hydroxylation is 1. The van der Waals surface area contributed by atoms with Gasteiger partial charge in [0.15, 0.2) is 30.2 Å². The van der Waals surface area contributed by atoms with E-state index in [4.69, 9.17) is 53.2 Å². The SMILES string of the molecule is CO[C@@H]1[C@H](OP(=O)([O-])OC[C@H]2O[C@@H](n3ccc(=O)[nH]c3=O)[C@H](O)[C@@H]2O)[C@@H](COP(=O)(O)OP(=O)(O)OP(=O)(O)OC[C@H]2O[C@@H]([n+]3cn(C)c4c(=O)[nH]c(N)nc43)[C@H](O)[C@@H]2COCc2ccccc2)O[C@H]1n1cnc2c(N)ncnc21. The van der Waals surface area contributed by atoms with Gasteiger partial charge in [0.25, 0.3) is 24.9 Å². The molecule has 41 heteroatoms. The highest BCUT2D eigenvalue weighted by Gasteiger charge is 2.53. The first-order valence-electron chi connectivity index (χ1n) is 23.2. The highest BCUT2D eigenvalue weighted by Crippen LogP contribution is 2.68. The predicted molar refractivity (Wildman–Crippen MR) is 259 cm³/mol. The van der Waals surface area contributed by atoms with Crippen molar-refractivity contribution in [1.29, 1.82) is 0 Å². The van der Waals surface area contributed by atoms with Crippen LogP contribution in [0, 0.1) is 5.92 Å². The number of ether oxygens (including phenoxy) is 5. The Hall–Kier alpha value is -5.40. The van der Waals surface area contributed by atoms with Crippen LogP contribution in [0.5, 0.6) is 0 Å². The van der Waals surface area contributed by atoms with Gasteiger partial charge in [0.1, 0.15) is 54.6 Å². The summed E-state index contributed by atoms with van der Waals surface area (Å²) in [7, 11) is -21.2. The Balaban J connectivity index is 0.874. The average Bonchev–Trinajstić information content (AvgIpc) is 4.21. The Labute approximate surface area is 446 Å². The molecule has 0 bridgehead atoms. The van der Waals surface area contributed by atoms with Gasteiger partial charge in [0.05, 0.1) is 52.5 Å². The zero-order valence-corrected chi connectivity index (χ0v) is 44.8. The van der Waals surface area contributed by atoms with Crippen LogP contribution in [0.4, 0.5) is 11.8 Å². The molecule has 16 atom stereocenters. The Kier molecular flexibility index (Phi) is 17.4. The number of nitrogens with zero attached hydrogens (tertiary/aromatic N) is 8. The van der Waals surface area contributed by atoms with Gasteiger partial charge in [0, 0.05) is 25.3 Å². The number of nitrogens with two attached hydrogens (primary N) is 2. The number of hydrogen-bond donors (Lipinski definition) is 10. The number of rotatable bonds is 23. The number of aliphatic hydroxyl groups excluding tert-OH is 3. The normalized spacial score (nSPS) is 29.2. The average molecular weight is 1210 g/mol. The lowest BCUT2D eigenvalue weighted by atomic mass is 9.99. The number of aromatic nitrogens is 10. The second-order valence-electron chi connectivity index (χ2n) is 17.9. The van der Waals surface area contributed by atoms with Crippen molar-refractivity contribution in [2.24, 2.45) is 13.0 Å². The highest BCUT2D eigenvalue weighted by atomic mass is 31.3. The van der Waals surface area contributed by atoms with Crippen molar-refractivity contribution in [1.82, 2.24) is 43.6 Å². The van der Waals surface area contributed by atoms with Gasteiger partial charge in [-0.3, -0.25) is 46.9 Å². The third kappa shape index (κ3) is 12.9. The van der Waals surface area contributed by atoms with E-state index >= 15 is 0 Å². The standard InChI is InChI=1S/C39H50N12O25P4/c1-48-17-51(33-25(48)34(56)47-38(41)46-33)35-26(53)19(11-67-10-18-6-4-3-5-7-18)20(71-35)12-69-78(60,61)75-80(64,65)76-79(62,63)70-14-22-29(30(66-2)37(73-22)50-16-44-24-31(40)42-15-43-32(24)50)74-77(58,59)68-13-21-27(54)28(55)36(72-21)49-9-8-23(52)45-39(49)57/h3-9,15-17,19-22,26-30,35-37,53-55H,10-14H2,1-2H3,(H9-,40,41,42,43,45,46,47,52,56,57,58,59,60,61,62,63,64,65)/t19-,20-,21-,22-,26-,27-,28-,29-,30-,35-,36-,37-/m1/s1. The molecule has 5 aromatic heterocycles. The minimum atomic E-state index is -6.23. The van der Waals surface area contributed by atoms with Gasteiger partial charge in [-0.15, -0.1) is 0 Å². The summed E-state index contributed by atoms with van der Waals surface area (Å²) in [6.45, 7) is -3.61. The zero-order valence-electron chi connectivity index (χ0n) is 41.2. The number of fused-ring (bicyclic) bond motifs is 2. The van der Waals surface area contributed by atoms with Crippen LogP contribution in [-0.4, -0.2) is 156 Å². The fourth-order valence-corrected chi connectivity index (χ4v) is 13.4. The highest BCUT2D eigenvalue weighted by molar-refractivity contribution is 7.66. The lowest BCUT2D eigenvalue weighted by Crippen LogP contribution is -2.45. The summed E-state index contributed by atoms with van der Waals surface area (Å²) in [5.74, 6) is -1.47. The number of aliphatic hydroxyl groups is 3. The first-order valence-corrected chi connectivity index (χ1v) is 29.2. The van der Waals surface area contributed by atoms with E-state index < -0.39 is 141 Å². The third-order valence-corrected chi connectivity index (χ3v) is 17.8. The second-order valence-corrected chi connectivity index (χ2v) is 23.9. The number of hydrogen-bond acceptors (Lipinski definition) is 28. The van der Waals surface area contributed by atoms with E-state index in [1.807, 2.05) is 4.98 Å². The van der Waals surface area contributed by atoms with Crippen LogP contribution >= 0.6 is 31.3 Å². The first-order chi connectivity index (χ1) is 37.7. The molecule has 9 rings (SSSR count). The summed E-state index contributed by atoms with van der Waals surface area (Å²) in [4.78, 5) is 103. The molecule has 37 nitrogen and oxygen atoms in total. The van der Waals surface area contributed by atoms with Crippen molar-refractivity contribution in [3.05, 3.63) is 98.3 Å². The number of benzene rings is 1. The van der Waals surface area contributed by atoms with E-state index in [0.717, 1.165) is 42.2 Å². The van der Waals surface area contributed by atoms with Crippen molar-refractivity contribution in [2.75, 3.05) is 45.0 Å². The molecule has 8 heterocycles. The van der Waals surface area contributed by atoms with Gasteiger partial charge in [-0.1, -0.05) is 35.3 Å². The molecule has 0 aliphatic carbocycles. The lowest BCUT2D eigenvalue weighted by molar-refractivity contribution is -0.745. The molecule has 0 saturated carbocycles. The maximum atomic E-state index is 13.5. The minimum Gasteiger partial charge on any atom is -0.756 e. The number of anilines is 2. The molecule has 0 spiro atoms. The summed E-state index contributed by atoms with van der Waals surface area (Å²) >= 11 is 0. The van der Waals surface area contributed by atoms with Gasteiger partial charge < -0.3 is 79.1 Å². The lowest BCUT2D eigenvalue weighted by Gasteiger charge is -2.31. The minimum absolute atomic E-state index is 0.00879. The van der Waals surface area contributed by atoms with Gasteiger partial charge in [-0.25, -0.2) is 38.0 Å². The summed E-state index contributed by atoms with van der Waals surface area (Å²) in [6, 6.07) is 9.73. The molecule has 1 aromatic carbocycles. The zero-order chi connectivity index (χ0) is 57.6. The maximum absolute atomic E-state index is 13.5. The molecule has 3 aliphatic rings. The molecule has 6 aromatic rings. The van der Waals surface area contributed by atoms with Gasteiger partial charge in [-0.2, -0.15) is 8.62 Å². The van der Waals surface area contributed by atoms with Crippen LogP contribution in [0.15, 0.2) is 76.0 Å². The second kappa shape index (κ2) is 23.5. The van der Waals surface area contributed by atoms with E-state index in [1.165, 1.54) is 27.1 Å². The van der Waals surface area contributed by atoms with Gasteiger partial charge in [-0.05, 0) is 5.56 Å². The number of nitrogens with one attached hydrogen (secondary N) is 2. The van der Waals surface area contributed by atoms with E-state index in [9.17, 15) is 67.5 Å². The number of aromatic amines is 2. The maximum Gasteiger partial charge on any atom is 0.490 e. The van der Waals surface area contributed by atoms with Gasteiger partial charge >= 0.3 is 34.8 Å². The van der Waals surface area contributed by atoms with E-state index in [-0.39, 0.29) is 47.3 Å².